The highest BCUT2D eigenvalue weighted by Crippen LogP contribution is 2.34. The lowest BCUT2D eigenvalue weighted by molar-refractivity contribution is 0.233. The average Bonchev–Trinajstić information content (AvgIpc) is 2.79. The number of nitrogens with one attached hydrogen (secondary N) is 1. The van der Waals surface area contributed by atoms with Gasteiger partial charge >= 0.3 is 0 Å². The molecule has 0 saturated carbocycles. The second-order valence-corrected chi connectivity index (χ2v) is 5.10. The van der Waals surface area contributed by atoms with Crippen LogP contribution in [-0.2, 0) is 13.0 Å². The number of rotatable bonds is 2. The van der Waals surface area contributed by atoms with E-state index in [-0.39, 0.29) is 0 Å². The molecule has 0 spiro atoms. The van der Waals surface area contributed by atoms with Gasteiger partial charge < -0.3 is 10.1 Å². The van der Waals surface area contributed by atoms with Crippen LogP contribution in [-0.4, -0.2) is 37.7 Å². The van der Waals surface area contributed by atoms with Crippen molar-refractivity contribution in [2.75, 3.05) is 32.8 Å². The van der Waals surface area contributed by atoms with E-state index in [4.69, 9.17) is 16.3 Å². The van der Waals surface area contributed by atoms with Gasteiger partial charge in [-0.2, -0.15) is 0 Å². The third-order valence-corrected chi connectivity index (χ3v) is 3.69. The molecule has 2 aliphatic heterocycles. The summed E-state index contributed by atoms with van der Waals surface area (Å²) in [6.07, 6.45) is 0.991. The van der Waals surface area contributed by atoms with Gasteiger partial charge in [-0.3, -0.25) is 4.90 Å². The van der Waals surface area contributed by atoms with Crippen molar-refractivity contribution in [1.29, 1.82) is 0 Å². The summed E-state index contributed by atoms with van der Waals surface area (Å²) in [5.74, 6) is 0.899. The van der Waals surface area contributed by atoms with Crippen molar-refractivity contribution >= 4 is 11.6 Å². The van der Waals surface area contributed by atoms with Gasteiger partial charge in [0.15, 0.2) is 0 Å². The van der Waals surface area contributed by atoms with Gasteiger partial charge in [0.2, 0.25) is 0 Å². The van der Waals surface area contributed by atoms with Crippen LogP contribution < -0.4 is 10.1 Å². The van der Waals surface area contributed by atoms with E-state index in [1.165, 1.54) is 11.1 Å². The molecule has 1 fully saturated rings. The van der Waals surface area contributed by atoms with E-state index >= 15 is 0 Å². The highest BCUT2D eigenvalue weighted by atomic mass is 35.5. The molecule has 92 valence electrons. The summed E-state index contributed by atoms with van der Waals surface area (Å²) in [6, 6.07) is 4.30. The molecule has 0 bridgehead atoms. The minimum atomic E-state index is 0.769. The zero-order valence-electron chi connectivity index (χ0n) is 9.84. The lowest BCUT2D eigenvalue weighted by Gasteiger charge is -2.27. The third-order valence-electron chi connectivity index (χ3n) is 3.41. The molecule has 1 aromatic carbocycles. The van der Waals surface area contributed by atoms with Crippen molar-refractivity contribution in [2.24, 2.45) is 0 Å². The van der Waals surface area contributed by atoms with Crippen LogP contribution in [0.1, 0.15) is 11.1 Å². The molecule has 0 unspecified atom stereocenters. The molecule has 1 N–H and O–H groups in total. The second kappa shape index (κ2) is 4.84. The van der Waals surface area contributed by atoms with Gasteiger partial charge in [0.05, 0.1) is 11.6 Å². The first-order valence-corrected chi connectivity index (χ1v) is 6.58. The van der Waals surface area contributed by atoms with Crippen LogP contribution in [0.4, 0.5) is 0 Å². The molecular weight excluding hydrogens is 236 g/mol. The topological polar surface area (TPSA) is 24.5 Å². The maximum Gasteiger partial charge on any atom is 0.141 e. The fourth-order valence-electron chi connectivity index (χ4n) is 2.54. The van der Waals surface area contributed by atoms with Gasteiger partial charge in [0.25, 0.3) is 0 Å². The SMILES string of the molecule is Clc1cc(CN2CCNCC2)cc2c1OCC2. The molecule has 0 amide bonds. The summed E-state index contributed by atoms with van der Waals surface area (Å²) < 4.78 is 5.52. The second-order valence-electron chi connectivity index (χ2n) is 4.69. The first-order valence-electron chi connectivity index (χ1n) is 6.20. The zero-order valence-corrected chi connectivity index (χ0v) is 10.6. The van der Waals surface area contributed by atoms with E-state index in [9.17, 15) is 0 Å². The van der Waals surface area contributed by atoms with Crippen LogP contribution in [0.25, 0.3) is 0 Å². The number of ether oxygens (including phenoxy) is 1. The predicted molar refractivity (Wildman–Crippen MR) is 68.8 cm³/mol. The van der Waals surface area contributed by atoms with Crippen molar-refractivity contribution in [3.8, 4) is 5.75 Å². The van der Waals surface area contributed by atoms with E-state index in [1.54, 1.807) is 0 Å². The fraction of sp³-hybridized carbons (Fsp3) is 0.538. The first kappa shape index (κ1) is 11.3. The van der Waals surface area contributed by atoms with Crippen molar-refractivity contribution in [3.63, 3.8) is 0 Å². The Morgan fingerprint density at radius 3 is 2.94 bits per heavy atom. The largest absolute Gasteiger partial charge is 0.491 e. The third kappa shape index (κ3) is 2.41. The van der Waals surface area contributed by atoms with Gasteiger partial charge in [-0.25, -0.2) is 0 Å². The Bertz CT molecular complexity index is 416. The van der Waals surface area contributed by atoms with Gasteiger partial charge in [0.1, 0.15) is 5.75 Å². The Morgan fingerprint density at radius 1 is 1.29 bits per heavy atom. The monoisotopic (exact) mass is 252 g/mol. The molecule has 3 nitrogen and oxygen atoms in total. The van der Waals surface area contributed by atoms with Gasteiger partial charge in [-0.1, -0.05) is 17.7 Å². The van der Waals surface area contributed by atoms with Crippen LogP contribution in [0.3, 0.4) is 0 Å². The fourth-order valence-corrected chi connectivity index (χ4v) is 2.86. The summed E-state index contributed by atoms with van der Waals surface area (Å²) in [5, 5.41) is 4.13. The van der Waals surface area contributed by atoms with E-state index in [0.29, 0.717) is 0 Å². The molecule has 3 rings (SSSR count). The van der Waals surface area contributed by atoms with E-state index in [2.05, 4.69) is 16.3 Å². The van der Waals surface area contributed by atoms with Gasteiger partial charge in [-0.15, -0.1) is 0 Å². The molecule has 2 aliphatic rings. The Kier molecular flexibility index (Phi) is 3.23. The van der Waals surface area contributed by atoms with E-state index < -0.39 is 0 Å². The van der Waals surface area contributed by atoms with Crippen LogP contribution in [0.5, 0.6) is 5.75 Å². The van der Waals surface area contributed by atoms with Crippen LogP contribution in [0.15, 0.2) is 12.1 Å². The summed E-state index contributed by atoms with van der Waals surface area (Å²) in [6.45, 7) is 6.17. The molecule has 0 aliphatic carbocycles. The van der Waals surface area contributed by atoms with E-state index in [0.717, 1.165) is 56.5 Å². The molecule has 1 saturated heterocycles. The summed E-state index contributed by atoms with van der Waals surface area (Å²) in [7, 11) is 0. The highest BCUT2D eigenvalue weighted by molar-refractivity contribution is 6.32. The van der Waals surface area contributed by atoms with Crippen molar-refractivity contribution in [2.45, 2.75) is 13.0 Å². The maximum absolute atomic E-state index is 6.24. The number of benzene rings is 1. The lowest BCUT2D eigenvalue weighted by Crippen LogP contribution is -2.42. The molecule has 0 radical (unpaired) electrons. The average molecular weight is 253 g/mol. The Hall–Kier alpha value is -0.770. The van der Waals surface area contributed by atoms with E-state index in [1.807, 2.05) is 6.07 Å². The predicted octanol–water partition coefficient (Wildman–Crippen LogP) is 1.68. The van der Waals surface area contributed by atoms with Crippen LogP contribution in [0.2, 0.25) is 5.02 Å². The maximum atomic E-state index is 6.24. The Balaban J connectivity index is 1.76. The Morgan fingerprint density at radius 2 is 2.12 bits per heavy atom. The van der Waals surface area contributed by atoms with Crippen molar-refractivity contribution in [3.05, 3.63) is 28.3 Å². The molecule has 4 heteroatoms. The number of piperazine rings is 1. The quantitative estimate of drug-likeness (QED) is 0.867. The normalized spacial score (nSPS) is 20.1. The van der Waals surface area contributed by atoms with Crippen molar-refractivity contribution < 1.29 is 4.74 Å². The molecule has 1 aromatic rings. The van der Waals surface area contributed by atoms with Crippen LogP contribution in [0, 0.1) is 0 Å². The number of fused-ring (bicyclic) bond motifs is 1. The number of hydrogen-bond acceptors (Lipinski definition) is 3. The highest BCUT2D eigenvalue weighted by Gasteiger charge is 2.18. The molecule has 0 atom stereocenters. The Labute approximate surface area is 107 Å². The van der Waals surface area contributed by atoms with Crippen molar-refractivity contribution in [1.82, 2.24) is 10.2 Å². The lowest BCUT2D eigenvalue weighted by atomic mass is 10.1. The molecule has 2 heterocycles. The summed E-state index contributed by atoms with van der Waals surface area (Å²) in [4.78, 5) is 2.46. The summed E-state index contributed by atoms with van der Waals surface area (Å²) >= 11 is 6.24. The minimum absolute atomic E-state index is 0.769. The molecule has 0 aromatic heterocycles. The molecule has 17 heavy (non-hydrogen) atoms. The number of halogens is 1. The number of hydrogen-bond donors (Lipinski definition) is 1. The van der Waals surface area contributed by atoms with Crippen LogP contribution >= 0.6 is 11.6 Å². The number of nitrogens with zero attached hydrogens (tertiary/aromatic N) is 1. The van der Waals surface area contributed by atoms with Gasteiger partial charge in [-0.05, 0) is 17.2 Å². The zero-order chi connectivity index (χ0) is 11.7. The van der Waals surface area contributed by atoms with Gasteiger partial charge in [0, 0.05) is 39.1 Å². The summed E-state index contributed by atoms with van der Waals surface area (Å²) in [5.41, 5.74) is 2.57. The first-order chi connectivity index (χ1) is 8.33. The smallest absolute Gasteiger partial charge is 0.141 e. The minimum Gasteiger partial charge on any atom is -0.491 e. The standard InChI is InChI=1S/C13H17ClN2O/c14-12-8-10(7-11-1-6-17-13(11)12)9-16-4-2-15-3-5-16/h7-8,15H,1-6,9H2. The molecular formula is C13H17ClN2O.